The van der Waals surface area contributed by atoms with Crippen molar-refractivity contribution in [2.45, 2.75) is 24.4 Å². The summed E-state index contributed by atoms with van der Waals surface area (Å²) in [4.78, 5) is 27.7. The summed E-state index contributed by atoms with van der Waals surface area (Å²) < 4.78 is 44.6. The second kappa shape index (κ2) is 13.0. The highest BCUT2D eigenvalue weighted by Gasteiger charge is 2.33. The molecular formula is C28H33N3O7S. The number of hydrogen-bond donors (Lipinski definition) is 1. The summed E-state index contributed by atoms with van der Waals surface area (Å²) in [5.41, 5.74) is 0.919. The molecule has 0 saturated carbocycles. The number of sulfonamides is 1. The number of nitrogens with zero attached hydrogens (tertiary/aromatic N) is 2. The number of nitrogens with one attached hydrogen (secondary N) is 1. The maximum absolute atomic E-state index is 13.9. The quantitative estimate of drug-likeness (QED) is 0.365. The van der Waals surface area contributed by atoms with E-state index in [2.05, 4.69) is 5.32 Å². The van der Waals surface area contributed by atoms with Gasteiger partial charge >= 0.3 is 0 Å². The van der Waals surface area contributed by atoms with Crippen molar-refractivity contribution < 1.29 is 32.2 Å². The molecule has 0 radical (unpaired) electrons. The molecule has 39 heavy (non-hydrogen) atoms. The van der Waals surface area contributed by atoms with Crippen LogP contribution in [0.2, 0.25) is 0 Å². The average molecular weight is 556 g/mol. The monoisotopic (exact) mass is 555 g/mol. The van der Waals surface area contributed by atoms with Crippen LogP contribution in [-0.4, -0.2) is 66.1 Å². The maximum atomic E-state index is 13.9. The third-order valence-corrected chi connectivity index (χ3v) is 7.98. The van der Waals surface area contributed by atoms with Crippen molar-refractivity contribution in [2.24, 2.45) is 0 Å². The predicted molar refractivity (Wildman–Crippen MR) is 148 cm³/mol. The summed E-state index contributed by atoms with van der Waals surface area (Å²) in [5, 5.41) is 2.56. The summed E-state index contributed by atoms with van der Waals surface area (Å²) in [6.07, 6.45) is 0. The standard InChI is InChI=1S/C28H33N3O7S/c1-20(28(33)29-2)30(18-21-10-12-22(36-3)13-11-21)27(32)19-31(25-8-6-7-9-26(25)38-5)39(34,35)24-16-14-23(37-4)15-17-24/h6-17,20H,18-19H2,1-5H3,(H,29,33)/t20-/m1/s1. The molecule has 0 fully saturated rings. The minimum absolute atomic E-state index is 0.0388. The molecule has 10 nitrogen and oxygen atoms in total. The van der Waals surface area contributed by atoms with Crippen LogP contribution in [0, 0.1) is 0 Å². The van der Waals surface area contributed by atoms with Crippen LogP contribution in [0.15, 0.2) is 77.7 Å². The summed E-state index contributed by atoms with van der Waals surface area (Å²) in [5.74, 6) is 0.426. The molecule has 0 spiro atoms. The van der Waals surface area contributed by atoms with E-state index in [4.69, 9.17) is 14.2 Å². The van der Waals surface area contributed by atoms with Crippen molar-refractivity contribution in [1.82, 2.24) is 10.2 Å². The number of carbonyl (C=O) groups is 2. The molecule has 208 valence electrons. The second-order valence-corrected chi connectivity index (χ2v) is 10.4. The summed E-state index contributed by atoms with van der Waals surface area (Å²) in [7, 11) is 1.69. The Morgan fingerprint density at radius 2 is 1.41 bits per heavy atom. The fraction of sp³-hybridized carbons (Fsp3) is 0.286. The molecule has 3 aromatic rings. The average Bonchev–Trinajstić information content (AvgIpc) is 2.97. The van der Waals surface area contributed by atoms with E-state index in [0.29, 0.717) is 11.5 Å². The van der Waals surface area contributed by atoms with Gasteiger partial charge in [-0.2, -0.15) is 0 Å². The number of ether oxygens (including phenoxy) is 3. The topological polar surface area (TPSA) is 114 Å². The number of amides is 2. The summed E-state index contributed by atoms with van der Waals surface area (Å²) in [6.45, 7) is 1.08. The van der Waals surface area contributed by atoms with Gasteiger partial charge in [0.15, 0.2) is 0 Å². The third-order valence-electron chi connectivity index (χ3n) is 6.21. The van der Waals surface area contributed by atoms with Gasteiger partial charge in [-0.25, -0.2) is 8.42 Å². The van der Waals surface area contributed by atoms with Crippen LogP contribution >= 0.6 is 0 Å². The summed E-state index contributed by atoms with van der Waals surface area (Å²) in [6, 6.07) is 18.6. The van der Waals surface area contributed by atoms with Gasteiger partial charge in [0.25, 0.3) is 10.0 Å². The van der Waals surface area contributed by atoms with Crippen LogP contribution in [0.5, 0.6) is 17.2 Å². The SMILES string of the molecule is CNC(=O)[C@@H](C)N(Cc1ccc(OC)cc1)C(=O)CN(c1ccccc1OC)S(=O)(=O)c1ccc(OC)cc1. The number of para-hydroxylation sites is 2. The Hall–Kier alpha value is -4.25. The van der Waals surface area contributed by atoms with Crippen molar-refractivity contribution in [3.8, 4) is 17.2 Å². The normalized spacial score (nSPS) is 11.7. The lowest BCUT2D eigenvalue weighted by Gasteiger charge is -2.32. The third kappa shape index (κ3) is 6.80. The molecule has 0 aliphatic carbocycles. The predicted octanol–water partition coefficient (Wildman–Crippen LogP) is 3.07. The maximum Gasteiger partial charge on any atom is 0.264 e. The largest absolute Gasteiger partial charge is 0.497 e. The Morgan fingerprint density at radius 3 is 1.95 bits per heavy atom. The number of hydrogen-bond acceptors (Lipinski definition) is 7. The minimum atomic E-state index is -4.24. The first-order valence-corrected chi connectivity index (χ1v) is 13.5. The highest BCUT2D eigenvalue weighted by Crippen LogP contribution is 2.33. The Kier molecular flexibility index (Phi) is 9.78. The van der Waals surface area contributed by atoms with Gasteiger partial charge in [-0.1, -0.05) is 24.3 Å². The van der Waals surface area contributed by atoms with Crippen LogP contribution in [0.3, 0.4) is 0 Å². The highest BCUT2D eigenvalue weighted by atomic mass is 32.2. The van der Waals surface area contributed by atoms with Gasteiger partial charge in [0, 0.05) is 13.6 Å². The van der Waals surface area contributed by atoms with Crippen LogP contribution in [-0.2, 0) is 26.2 Å². The zero-order chi connectivity index (χ0) is 28.6. The lowest BCUT2D eigenvalue weighted by Crippen LogP contribution is -2.50. The van der Waals surface area contributed by atoms with Crippen LogP contribution < -0.4 is 23.8 Å². The lowest BCUT2D eigenvalue weighted by atomic mass is 10.1. The number of likely N-dealkylation sites (N-methyl/N-ethyl adjacent to an activating group) is 1. The molecule has 0 aliphatic heterocycles. The number of rotatable bonds is 12. The van der Waals surface area contributed by atoms with E-state index in [9.17, 15) is 18.0 Å². The molecule has 0 aromatic heterocycles. The smallest absolute Gasteiger partial charge is 0.264 e. The molecule has 3 aromatic carbocycles. The number of carbonyl (C=O) groups excluding carboxylic acids is 2. The van der Waals surface area contributed by atoms with Gasteiger partial charge in [-0.05, 0) is 61.0 Å². The van der Waals surface area contributed by atoms with Crippen LogP contribution in [0.4, 0.5) is 5.69 Å². The zero-order valence-corrected chi connectivity index (χ0v) is 23.4. The van der Waals surface area contributed by atoms with E-state index in [1.807, 2.05) is 0 Å². The molecule has 2 amide bonds. The van der Waals surface area contributed by atoms with Crippen molar-refractivity contribution in [1.29, 1.82) is 0 Å². The van der Waals surface area contributed by atoms with E-state index in [0.717, 1.165) is 9.87 Å². The van der Waals surface area contributed by atoms with Gasteiger partial charge in [-0.15, -0.1) is 0 Å². The van der Waals surface area contributed by atoms with Crippen molar-refractivity contribution in [3.63, 3.8) is 0 Å². The van der Waals surface area contributed by atoms with Gasteiger partial charge in [-0.3, -0.25) is 13.9 Å². The number of benzene rings is 3. The molecule has 0 unspecified atom stereocenters. The first-order chi connectivity index (χ1) is 18.7. The molecular weight excluding hydrogens is 522 g/mol. The number of anilines is 1. The summed E-state index contributed by atoms with van der Waals surface area (Å²) >= 11 is 0. The number of methoxy groups -OCH3 is 3. The van der Waals surface area contributed by atoms with Crippen LogP contribution in [0.25, 0.3) is 0 Å². The molecule has 0 aliphatic rings. The molecule has 1 N–H and O–H groups in total. The van der Waals surface area contributed by atoms with Gasteiger partial charge in [0.1, 0.15) is 29.8 Å². The van der Waals surface area contributed by atoms with Gasteiger partial charge in [0.05, 0.1) is 31.9 Å². The van der Waals surface area contributed by atoms with Crippen molar-refractivity contribution >= 4 is 27.5 Å². The fourth-order valence-corrected chi connectivity index (χ4v) is 5.37. The highest BCUT2D eigenvalue weighted by molar-refractivity contribution is 7.92. The van der Waals surface area contributed by atoms with Crippen LogP contribution in [0.1, 0.15) is 12.5 Å². The molecule has 3 rings (SSSR count). The Morgan fingerprint density at radius 1 is 0.846 bits per heavy atom. The first-order valence-electron chi connectivity index (χ1n) is 12.1. The molecule has 11 heteroatoms. The molecule has 1 atom stereocenters. The van der Waals surface area contributed by atoms with E-state index >= 15 is 0 Å². The molecule has 0 bridgehead atoms. The Balaban J connectivity index is 2.05. The second-order valence-electron chi connectivity index (χ2n) is 8.52. The molecule has 0 saturated heterocycles. The van der Waals surface area contributed by atoms with E-state index in [-0.39, 0.29) is 22.9 Å². The van der Waals surface area contributed by atoms with Crippen molar-refractivity contribution in [2.75, 3.05) is 39.2 Å². The van der Waals surface area contributed by atoms with Gasteiger partial charge < -0.3 is 24.4 Å². The Bertz CT molecular complexity index is 1380. The zero-order valence-electron chi connectivity index (χ0n) is 22.6. The van der Waals surface area contributed by atoms with E-state index in [1.54, 1.807) is 62.6 Å². The fourth-order valence-electron chi connectivity index (χ4n) is 3.94. The minimum Gasteiger partial charge on any atom is -0.497 e. The van der Waals surface area contributed by atoms with E-state index < -0.39 is 34.4 Å². The van der Waals surface area contributed by atoms with Gasteiger partial charge in [0.2, 0.25) is 11.8 Å². The Labute approximate surface area is 229 Å². The van der Waals surface area contributed by atoms with Crippen molar-refractivity contribution in [3.05, 3.63) is 78.4 Å². The molecule has 0 heterocycles. The lowest BCUT2D eigenvalue weighted by molar-refractivity contribution is -0.139. The van der Waals surface area contributed by atoms with E-state index in [1.165, 1.54) is 50.4 Å². The first kappa shape index (κ1) is 29.3.